The number of hydrogen-bond acceptors (Lipinski definition) is 2. The van der Waals surface area contributed by atoms with Crippen molar-refractivity contribution in [3.8, 4) is 0 Å². The Morgan fingerprint density at radius 3 is 2.73 bits per heavy atom. The van der Waals surface area contributed by atoms with Crippen molar-refractivity contribution in [1.82, 2.24) is 14.7 Å². The van der Waals surface area contributed by atoms with Crippen LogP contribution in [-0.4, -0.2) is 40.2 Å². The van der Waals surface area contributed by atoms with Gasteiger partial charge in [0.05, 0.1) is 6.20 Å². The van der Waals surface area contributed by atoms with Crippen LogP contribution in [-0.2, 0) is 13.5 Å². The number of aryl methyl sites for hydroxylation is 1. The second-order valence-corrected chi connectivity index (χ2v) is 4.18. The maximum absolute atomic E-state index is 5.76. The monoisotopic (exact) mass is 229 g/mol. The Balaban J connectivity index is 2.32. The third-order valence-electron chi connectivity index (χ3n) is 2.42. The summed E-state index contributed by atoms with van der Waals surface area (Å²) in [6.45, 7) is 5.39. The van der Waals surface area contributed by atoms with Crippen LogP contribution in [0.25, 0.3) is 0 Å². The van der Waals surface area contributed by atoms with E-state index >= 15 is 0 Å². The highest BCUT2D eigenvalue weighted by Crippen LogP contribution is 2.01. The molecule has 0 aromatic carbocycles. The fraction of sp³-hybridized carbons (Fsp3) is 0.727. The van der Waals surface area contributed by atoms with E-state index in [1.54, 1.807) is 0 Å². The minimum atomic E-state index is 0.715. The van der Waals surface area contributed by atoms with Crippen LogP contribution in [0.15, 0.2) is 12.4 Å². The van der Waals surface area contributed by atoms with Gasteiger partial charge in [0, 0.05) is 32.2 Å². The van der Waals surface area contributed by atoms with Gasteiger partial charge in [-0.05, 0) is 24.9 Å². The zero-order chi connectivity index (χ0) is 11.1. The number of aromatic nitrogens is 2. The van der Waals surface area contributed by atoms with E-state index in [2.05, 4.69) is 23.1 Å². The van der Waals surface area contributed by atoms with E-state index < -0.39 is 0 Å². The Kier molecular flexibility index (Phi) is 5.73. The first-order valence-corrected chi connectivity index (χ1v) is 6.05. The van der Waals surface area contributed by atoms with Crippen LogP contribution in [0.3, 0.4) is 0 Å². The molecule has 1 aromatic heterocycles. The molecule has 0 aliphatic heterocycles. The normalized spacial score (nSPS) is 11.2. The summed E-state index contributed by atoms with van der Waals surface area (Å²) in [6, 6.07) is 0. The van der Waals surface area contributed by atoms with E-state index in [9.17, 15) is 0 Å². The molecule has 0 atom stereocenters. The molecular formula is C11H20ClN3. The van der Waals surface area contributed by atoms with Crippen LogP contribution in [0, 0.1) is 0 Å². The Bertz CT molecular complexity index is 267. The van der Waals surface area contributed by atoms with Crippen molar-refractivity contribution in [2.24, 2.45) is 7.05 Å². The Morgan fingerprint density at radius 1 is 1.40 bits per heavy atom. The van der Waals surface area contributed by atoms with Crippen molar-refractivity contribution in [2.75, 3.05) is 25.5 Å². The first-order chi connectivity index (χ1) is 7.26. The third kappa shape index (κ3) is 4.67. The second-order valence-electron chi connectivity index (χ2n) is 3.80. The maximum atomic E-state index is 5.76. The fourth-order valence-corrected chi connectivity index (χ4v) is 1.90. The van der Waals surface area contributed by atoms with Crippen molar-refractivity contribution in [3.63, 3.8) is 0 Å². The molecule has 0 amide bonds. The van der Waals surface area contributed by atoms with Gasteiger partial charge >= 0.3 is 0 Å². The van der Waals surface area contributed by atoms with Crippen molar-refractivity contribution in [3.05, 3.63) is 18.0 Å². The number of hydrogen-bond donors (Lipinski definition) is 0. The summed E-state index contributed by atoms with van der Waals surface area (Å²) in [4.78, 5) is 2.40. The Hall–Kier alpha value is -0.540. The molecule has 0 radical (unpaired) electrons. The van der Waals surface area contributed by atoms with Gasteiger partial charge < -0.3 is 4.90 Å². The second kappa shape index (κ2) is 6.85. The lowest BCUT2D eigenvalue weighted by atomic mass is 10.2. The smallest absolute Gasteiger partial charge is 0.0522 e. The molecule has 0 unspecified atom stereocenters. The molecule has 4 heteroatoms. The lowest BCUT2D eigenvalue weighted by Gasteiger charge is -2.19. The van der Waals surface area contributed by atoms with Gasteiger partial charge in [0.1, 0.15) is 0 Å². The van der Waals surface area contributed by atoms with Gasteiger partial charge in [0.15, 0.2) is 0 Å². The van der Waals surface area contributed by atoms with E-state index in [0.717, 1.165) is 26.1 Å². The molecule has 0 saturated carbocycles. The molecule has 0 fully saturated rings. The first kappa shape index (κ1) is 12.5. The summed E-state index contributed by atoms with van der Waals surface area (Å²) in [7, 11) is 1.95. The highest BCUT2D eigenvalue weighted by atomic mass is 35.5. The molecule has 1 rings (SSSR count). The molecule has 0 N–H and O–H groups in total. The zero-order valence-electron chi connectivity index (χ0n) is 9.62. The molecule has 1 heterocycles. The average Bonchev–Trinajstić information content (AvgIpc) is 2.61. The Morgan fingerprint density at radius 2 is 2.20 bits per heavy atom. The lowest BCUT2D eigenvalue weighted by Crippen LogP contribution is -2.28. The predicted molar refractivity (Wildman–Crippen MR) is 64.4 cm³/mol. The molecule has 3 nitrogen and oxygen atoms in total. The van der Waals surface area contributed by atoms with Gasteiger partial charge in [-0.3, -0.25) is 4.68 Å². The van der Waals surface area contributed by atoms with Crippen molar-refractivity contribution in [1.29, 1.82) is 0 Å². The minimum Gasteiger partial charge on any atom is -0.302 e. The molecule has 0 spiro atoms. The molecule has 0 saturated heterocycles. The van der Waals surface area contributed by atoms with Crippen molar-refractivity contribution in [2.45, 2.75) is 19.8 Å². The molecule has 86 valence electrons. The molecular weight excluding hydrogens is 210 g/mol. The van der Waals surface area contributed by atoms with Gasteiger partial charge in [-0.2, -0.15) is 5.10 Å². The SMILES string of the molecule is CCCN(CCCl)CCc1cnn(C)c1. The van der Waals surface area contributed by atoms with Gasteiger partial charge in [-0.1, -0.05) is 6.92 Å². The molecule has 0 aliphatic carbocycles. The van der Waals surface area contributed by atoms with E-state index in [1.807, 2.05) is 17.9 Å². The average molecular weight is 230 g/mol. The number of alkyl halides is 1. The van der Waals surface area contributed by atoms with E-state index in [1.165, 1.54) is 12.0 Å². The van der Waals surface area contributed by atoms with Crippen molar-refractivity contribution < 1.29 is 0 Å². The third-order valence-corrected chi connectivity index (χ3v) is 2.58. The summed E-state index contributed by atoms with van der Waals surface area (Å²) in [5.74, 6) is 0.715. The van der Waals surface area contributed by atoms with Crippen LogP contribution in [0.1, 0.15) is 18.9 Å². The fourth-order valence-electron chi connectivity index (χ4n) is 1.66. The highest BCUT2D eigenvalue weighted by Gasteiger charge is 2.04. The van der Waals surface area contributed by atoms with Crippen LogP contribution in [0.4, 0.5) is 0 Å². The van der Waals surface area contributed by atoms with Gasteiger partial charge in [-0.25, -0.2) is 0 Å². The van der Waals surface area contributed by atoms with Gasteiger partial charge in [0.25, 0.3) is 0 Å². The predicted octanol–water partition coefficient (Wildman–Crippen LogP) is 1.91. The molecule has 15 heavy (non-hydrogen) atoms. The highest BCUT2D eigenvalue weighted by molar-refractivity contribution is 6.18. The minimum absolute atomic E-state index is 0.715. The molecule has 0 aliphatic rings. The number of nitrogens with zero attached hydrogens (tertiary/aromatic N) is 3. The quantitative estimate of drug-likeness (QED) is 0.667. The van der Waals surface area contributed by atoms with Crippen molar-refractivity contribution >= 4 is 11.6 Å². The zero-order valence-corrected chi connectivity index (χ0v) is 10.4. The number of rotatable bonds is 7. The van der Waals surface area contributed by atoms with Crippen LogP contribution < -0.4 is 0 Å². The lowest BCUT2D eigenvalue weighted by molar-refractivity contribution is 0.294. The van der Waals surface area contributed by atoms with Gasteiger partial charge in [0.2, 0.25) is 0 Å². The summed E-state index contributed by atoms with van der Waals surface area (Å²) in [6.07, 6.45) is 6.25. The molecule has 1 aromatic rings. The summed E-state index contributed by atoms with van der Waals surface area (Å²) in [5.41, 5.74) is 1.30. The maximum Gasteiger partial charge on any atom is 0.0522 e. The Labute approximate surface area is 97.0 Å². The first-order valence-electron chi connectivity index (χ1n) is 5.52. The number of halogens is 1. The van der Waals surface area contributed by atoms with E-state index in [0.29, 0.717) is 5.88 Å². The van der Waals surface area contributed by atoms with Crippen LogP contribution in [0.2, 0.25) is 0 Å². The topological polar surface area (TPSA) is 21.1 Å². The van der Waals surface area contributed by atoms with Crippen LogP contribution >= 0.6 is 11.6 Å². The largest absolute Gasteiger partial charge is 0.302 e. The summed E-state index contributed by atoms with van der Waals surface area (Å²) < 4.78 is 1.85. The van der Waals surface area contributed by atoms with Gasteiger partial charge in [-0.15, -0.1) is 11.6 Å². The molecule has 0 bridgehead atoms. The van der Waals surface area contributed by atoms with Crippen LogP contribution in [0.5, 0.6) is 0 Å². The summed E-state index contributed by atoms with van der Waals surface area (Å²) in [5, 5.41) is 4.16. The standard InChI is InChI=1S/C11H20ClN3/c1-3-6-15(8-5-12)7-4-11-9-13-14(2)10-11/h9-10H,3-8H2,1-2H3. The van der Waals surface area contributed by atoms with E-state index in [-0.39, 0.29) is 0 Å². The summed E-state index contributed by atoms with van der Waals surface area (Å²) >= 11 is 5.76. The van der Waals surface area contributed by atoms with E-state index in [4.69, 9.17) is 11.6 Å².